The van der Waals surface area contributed by atoms with Crippen LogP contribution in [0.3, 0.4) is 0 Å². The van der Waals surface area contributed by atoms with Crippen molar-refractivity contribution in [3.63, 3.8) is 0 Å². The van der Waals surface area contributed by atoms with Gasteiger partial charge in [-0.05, 0) is 41.3 Å². The number of fused-ring (bicyclic) bond motifs is 1. The number of hydrogen-bond acceptors (Lipinski definition) is 2. The van der Waals surface area contributed by atoms with Crippen LogP contribution in [0.1, 0.15) is 12.5 Å². The Kier molecular flexibility index (Phi) is 2.52. The second-order valence-electron chi connectivity index (χ2n) is 4.37. The van der Waals surface area contributed by atoms with Gasteiger partial charge in [0.15, 0.2) is 0 Å². The molecule has 1 aromatic heterocycles. The summed E-state index contributed by atoms with van der Waals surface area (Å²) in [5.41, 5.74) is 4.48. The number of aromatic hydroxyl groups is 1. The van der Waals surface area contributed by atoms with Gasteiger partial charge in [-0.2, -0.15) is 5.10 Å². The van der Waals surface area contributed by atoms with Gasteiger partial charge in [-0.25, -0.2) is 0 Å². The smallest absolute Gasteiger partial charge is 0.115 e. The summed E-state index contributed by atoms with van der Waals surface area (Å²) in [5.74, 6) is 0.318. The first-order valence-corrected chi connectivity index (χ1v) is 6.03. The van der Waals surface area contributed by atoms with Crippen molar-refractivity contribution in [2.75, 3.05) is 0 Å². The molecule has 0 aliphatic heterocycles. The van der Waals surface area contributed by atoms with E-state index >= 15 is 0 Å². The molecular weight excluding hydrogens is 224 g/mol. The zero-order valence-corrected chi connectivity index (χ0v) is 10.1. The van der Waals surface area contributed by atoms with Crippen molar-refractivity contribution in [3.8, 4) is 16.9 Å². The number of aryl methyl sites for hydroxylation is 1. The quantitative estimate of drug-likeness (QED) is 0.717. The number of H-pyrrole nitrogens is 1. The van der Waals surface area contributed by atoms with Crippen LogP contribution in [0, 0.1) is 0 Å². The van der Waals surface area contributed by atoms with Crippen LogP contribution in [0.15, 0.2) is 42.6 Å². The fourth-order valence-corrected chi connectivity index (χ4v) is 2.26. The summed E-state index contributed by atoms with van der Waals surface area (Å²) in [6.07, 6.45) is 2.71. The molecule has 0 spiro atoms. The van der Waals surface area contributed by atoms with Gasteiger partial charge in [0.1, 0.15) is 5.75 Å². The maximum absolute atomic E-state index is 9.54. The average Bonchev–Trinajstić information content (AvgIpc) is 2.85. The van der Waals surface area contributed by atoms with Crippen LogP contribution in [0.4, 0.5) is 0 Å². The molecule has 0 radical (unpaired) electrons. The predicted octanol–water partition coefficient (Wildman–Crippen LogP) is 3.50. The van der Waals surface area contributed by atoms with Crippen LogP contribution in [0.5, 0.6) is 5.75 Å². The highest BCUT2D eigenvalue weighted by Crippen LogP contribution is 2.29. The lowest BCUT2D eigenvalue weighted by atomic mass is 9.97. The first-order valence-electron chi connectivity index (χ1n) is 6.03. The molecule has 3 nitrogen and oxygen atoms in total. The highest BCUT2D eigenvalue weighted by Gasteiger charge is 2.06. The number of rotatable bonds is 2. The van der Waals surface area contributed by atoms with Crippen molar-refractivity contribution < 1.29 is 5.11 Å². The Hall–Kier alpha value is -2.29. The number of benzene rings is 2. The maximum atomic E-state index is 9.54. The minimum atomic E-state index is 0.318. The number of nitrogens with zero attached hydrogens (tertiary/aromatic N) is 1. The number of phenols is 1. The molecule has 3 aromatic rings. The molecule has 1 heterocycles. The van der Waals surface area contributed by atoms with E-state index in [1.54, 1.807) is 6.07 Å². The van der Waals surface area contributed by atoms with Gasteiger partial charge < -0.3 is 5.11 Å². The van der Waals surface area contributed by atoms with Crippen molar-refractivity contribution >= 4 is 10.9 Å². The van der Waals surface area contributed by atoms with E-state index in [-0.39, 0.29) is 0 Å². The van der Waals surface area contributed by atoms with E-state index in [9.17, 15) is 5.11 Å². The molecule has 3 heteroatoms. The van der Waals surface area contributed by atoms with Crippen LogP contribution in [0.25, 0.3) is 22.0 Å². The van der Waals surface area contributed by atoms with Crippen LogP contribution in [0.2, 0.25) is 0 Å². The monoisotopic (exact) mass is 238 g/mol. The second kappa shape index (κ2) is 4.18. The van der Waals surface area contributed by atoms with Gasteiger partial charge in [0.2, 0.25) is 0 Å². The molecule has 0 aliphatic carbocycles. The number of aromatic nitrogens is 2. The normalized spacial score (nSPS) is 10.9. The zero-order valence-electron chi connectivity index (χ0n) is 10.1. The molecule has 0 amide bonds. The average molecular weight is 238 g/mol. The van der Waals surface area contributed by atoms with E-state index in [1.807, 2.05) is 18.3 Å². The molecule has 3 rings (SSSR count). The number of nitrogens with one attached hydrogen (secondary N) is 1. The van der Waals surface area contributed by atoms with Gasteiger partial charge in [0, 0.05) is 5.39 Å². The van der Waals surface area contributed by atoms with Crippen molar-refractivity contribution in [1.29, 1.82) is 0 Å². The molecule has 0 saturated carbocycles. The summed E-state index contributed by atoms with van der Waals surface area (Å²) in [6, 6.07) is 11.8. The van der Waals surface area contributed by atoms with Gasteiger partial charge >= 0.3 is 0 Å². The summed E-state index contributed by atoms with van der Waals surface area (Å²) in [7, 11) is 0. The summed E-state index contributed by atoms with van der Waals surface area (Å²) in [4.78, 5) is 0. The first-order chi connectivity index (χ1) is 8.78. The van der Waals surface area contributed by atoms with E-state index in [0.717, 1.165) is 34.0 Å². The molecule has 0 unspecified atom stereocenters. The summed E-state index contributed by atoms with van der Waals surface area (Å²) >= 11 is 0. The van der Waals surface area contributed by atoms with Crippen molar-refractivity contribution in [2.45, 2.75) is 13.3 Å². The topological polar surface area (TPSA) is 48.9 Å². The molecule has 0 aliphatic rings. The van der Waals surface area contributed by atoms with Gasteiger partial charge in [0.25, 0.3) is 0 Å². The fraction of sp³-hybridized carbons (Fsp3) is 0.133. The molecule has 2 N–H and O–H groups in total. The molecule has 2 aromatic carbocycles. The third kappa shape index (κ3) is 1.74. The Labute approximate surface area is 105 Å². The summed E-state index contributed by atoms with van der Waals surface area (Å²) < 4.78 is 0. The minimum absolute atomic E-state index is 0.318. The van der Waals surface area contributed by atoms with E-state index in [2.05, 4.69) is 35.3 Å². The SMILES string of the molecule is CCc1cc(O)ccc1-c1ccc2cn[nH]c2c1. The summed E-state index contributed by atoms with van der Waals surface area (Å²) in [5, 5.41) is 17.7. The van der Waals surface area contributed by atoms with Gasteiger partial charge in [0.05, 0.1) is 11.7 Å². The van der Waals surface area contributed by atoms with Gasteiger partial charge in [-0.3, -0.25) is 5.10 Å². The standard InChI is InChI=1S/C15H14N2O/c1-2-10-7-13(18)5-6-14(10)11-3-4-12-9-16-17-15(12)8-11/h3-9,18H,2H2,1H3,(H,16,17). The molecule has 18 heavy (non-hydrogen) atoms. The first kappa shape index (κ1) is 10.8. The van der Waals surface area contributed by atoms with Gasteiger partial charge in [-0.1, -0.05) is 25.1 Å². The Balaban J connectivity index is 2.18. The Morgan fingerprint density at radius 1 is 1.17 bits per heavy atom. The molecule has 0 saturated heterocycles. The molecule has 0 fully saturated rings. The van der Waals surface area contributed by atoms with E-state index in [4.69, 9.17) is 0 Å². The maximum Gasteiger partial charge on any atom is 0.115 e. The van der Waals surface area contributed by atoms with E-state index < -0.39 is 0 Å². The van der Waals surface area contributed by atoms with Crippen LogP contribution >= 0.6 is 0 Å². The highest BCUT2D eigenvalue weighted by atomic mass is 16.3. The second-order valence-corrected chi connectivity index (χ2v) is 4.37. The van der Waals surface area contributed by atoms with Crippen molar-refractivity contribution in [1.82, 2.24) is 10.2 Å². The number of aromatic amines is 1. The fourth-order valence-electron chi connectivity index (χ4n) is 2.26. The third-order valence-corrected chi connectivity index (χ3v) is 3.22. The van der Waals surface area contributed by atoms with E-state index in [1.165, 1.54) is 0 Å². The molecule has 0 atom stereocenters. The molecule has 90 valence electrons. The van der Waals surface area contributed by atoms with Crippen LogP contribution in [-0.4, -0.2) is 15.3 Å². The van der Waals surface area contributed by atoms with Gasteiger partial charge in [-0.15, -0.1) is 0 Å². The lowest BCUT2D eigenvalue weighted by Gasteiger charge is -2.08. The lowest BCUT2D eigenvalue weighted by Crippen LogP contribution is -1.87. The predicted molar refractivity (Wildman–Crippen MR) is 72.6 cm³/mol. The Morgan fingerprint density at radius 3 is 2.89 bits per heavy atom. The lowest BCUT2D eigenvalue weighted by molar-refractivity contribution is 0.474. The molecular formula is C15H14N2O. The minimum Gasteiger partial charge on any atom is -0.508 e. The van der Waals surface area contributed by atoms with Crippen molar-refractivity contribution in [2.24, 2.45) is 0 Å². The molecule has 0 bridgehead atoms. The largest absolute Gasteiger partial charge is 0.508 e. The number of hydrogen-bond donors (Lipinski definition) is 2. The summed E-state index contributed by atoms with van der Waals surface area (Å²) in [6.45, 7) is 2.09. The number of phenolic OH excluding ortho intramolecular Hbond substituents is 1. The van der Waals surface area contributed by atoms with Crippen molar-refractivity contribution in [3.05, 3.63) is 48.2 Å². The Bertz CT molecular complexity index is 701. The van der Waals surface area contributed by atoms with Crippen LogP contribution < -0.4 is 0 Å². The zero-order chi connectivity index (χ0) is 12.5. The highest BCUT2D eigenvalue weighted by molar-refractivity contribution is 5.84. The third-order valence-electron chi connectivity index (χ3n) is 3.22. The Morgan fingerprint density at radius 2 is 2.06 bits per heavy atom. The van der Waals surface area contributed by atoms with E-state index in [0.29, 0.717) is 5.75 Å². The van der Waals surface area contributed by atoms with Crippen LogP contribution in [-0.2, 0) is 6.42 Å².